The molecule has 3 N–H and O–H groups in total. The quantitative estimate of drug-likeness (QED) is 0.647. The number of fused-ring (bicyclic) bond motifs is 1. The van der Waals surface area contributed by atoms with E-state index in [-0.39, 0.29) is 12.1 Å². The fraction of sp³-hybridized carbons (Fsp3) is 0.211. The monoisotopic (exact) mass is 307 g/mol. The molecule has 0 saturated carbocycles. The SMILES string of the molecule is Cc1ccc(-c2[nH]c3ccccc3c2NC(=O)NC(C)C)cc1. The number of aromatic amines is 1. The Morgan fingerprint density at radius 3 is 2.43 bits per heavy atom. The molecule has 0 aliphatic carbocycles. The average Bonchev–Trinajstić information content (AvgIpc) is 2.86. The zero-order chi connectivity index (χ0) is 16.4. The minimum Gasteiger partial charge on any atom is -0.353 e. The van der Waals surface area contributed by atoms with Gasteiger partial charge in [0.1, 0.15) is 0 Å². The lowest BCUT2D eigenvalue weighted by Crippen LogP contribution is -2.34. The first kappa shape index (κ1) is 15.2. The summed E-state index contributed by atoms with van der Waals surface area (Å²) in [5.41, 5.74) is 4.99. The molecule has 0 spiro atoms. The number of carbonyl (C=O) groups excluding carboxylic acids is 1. The van der Waals surface area contributed by atoms with Gasteiger partial charge in [0, 0.05) is 22.5 Å². The highest BCUT2D eigenvalue weighted by molar-refractivity contribution is 6.07. The van der Waals surface area contributed by atoms with Crippen LogP contribution in [0.3, 0.4) is 0 Å². The number of hydrogen-bond acceptors (Lipinski definition) is 1. The van der Waals surface area contributed by atoms with Crippen LogP contribution in [0.2, 0.25) is 0 Å². The van der Waals surface area contributed by atoms with Gasteiger partial charge in [-0.25, -0.2) is 4.79 Å². The zero-order valence-electron chi connectivity index (χ0n) is 13.6. The van der Waals surface area contributed by atoms with Gasteiger partial charge in [-0.3, -0.25) is 0 Å². The van der Waals surface area contributed by atoms with Crippen molar-refractivity contribution in [2.45, 2.75) is 26.8 Å². The Hall–Kier alpha value is -2.75. The van der Waals surface area contributed by atoms with Gasteiger partial charge in [0.25, 0.3) is 0 Å². The molecule has 0 aliphatic rings. The van der Waals surface area contributed by atoms with E-state index in [2.05, 4.69) is 46.8 Å². The molecular weight excluding hydrogens is 286 g/mol. The fourth-order valence-corrected chi connectivity index (χ4v) is 2.62. The average molecular weight is 307 g/mol. The molecule has 1 aromatic heterocycles. The summed E-state index contributed by atoms with van der Waals surface area (Å²) in [5, 5.41) is 6.87. The van der Waals surface area contributed by atoms with Gasteiger partial charge in [-0.1, -0.05) is 48.0 Å². The highest BCUT2D eigenvalue weighted by atomic mass is 16.2. The van der Waals surface area contributed by atoms with Crippen LogP contribution in [0.1, 0.15) is 19.4 Å². The summed E-state index contributed by atoms with van der Waals surface area (Å²) in [6.07, 6.45) is 0. The maximum Gasteiger partial charge on any atom is 0.319 e. The van der Waals surface area contributed by atoms with Crippen molar-refractivity contribution in [3.63, 3.8) is 0 Å². The summed E-state index contributed by atoms with van der Waals surface area (Å²) < 4.78 is 0. The minimum atomic E-state index is -0.196. The lowest BCUT2D eigenvalue weighted by atomic mass is 10.1. The number of H-pyrrole nitrogens is 1. The summed E-state index contributed by atoms with van der Waals surface area (Å²) in [6, 6.07) is 16.1. The lowest BCUT2D eigenvalue weighted by Gasteiger charge is -2.11. The maximum atomic E-state index is 12.2. The fourth-order valence-electron chi connectivity index (χ4n) is 2.62. The predicted molar refractivity (Wildman–Crippen MR) is 95.8 cm³/mol. The van der Waals surface area contributed by atoms with Gasteiger partial charge < -0.3 is 15.6 Å². The van der Waals surface area contributed by atoms with Crippen molar-refractivity contribution in [1.29, 1.82) is 0 Å². The van der Waals surface area contributed by atoms with Crippen LogP contribution in [0.15, 0.2) is 48.5 Å². The number of aromatic nitrogens is 1. The van der Waals surface area contributed by atoms with E-state index >= 15 is 0 Å². The molecule has 3 aromatic rings. The van der Waals surface area contributed by atoms with Gasteiger partial charge in [-0.05, 0) is 26.8 Å². The molecule has 2 aromatic carbocycles. The van der Waals surface area contributed by atoms with Crippen molar-refractivity contribution in [1.82, 2.24) is 10.3 Å². The van der Waals surface area contributed by atoms with Crippen LogP contribution >= 0.6 is 0 Å². The van der Waals surface area contributed by atoms with Gasteiger partial charge in [0.15, 0.2) is 0 Å². The number of anilines is 1. The van der Waals surface area contributed by atoms with Crippen LogP contribution in [-0.2, 0) is 0 Å². The number of nitrogens with one attached hydrogen (secondary N) is 3. The molecule has 23 heavy (non-hydrogen) atoms. The molecule has 3 rings (SSSR count). The standard InChI is InChI=1S/C19H21N3O/c1-12(2)20-19(23)22-18-15-6-4-5-7-16(15)21-17(18)14-10-8-13(3)9-11-14/h4-12,21H,1-3H3,(H2,20,22,23). The summed E-state index contributed by atoms with van der Waals surface area (Å²) in [6.45, 7) is 5.94. The van der Waals surface area contributed by atoms with Gasteiger partial charge in [-0.15, -0.1) is 0 Å². The van der Waals surface area contributed by atoms with Crippen LogP contribution in [-0.4, -0.2) is 17.1 Å². The zero-order valence-corrected chi connectivity index (χ0v) is 13.6. The number of urea groups is 1. The van der Waals surface area contributed by atoms with E-state index in [0.29, 0.717) is 0 Å². The second kappa shape index (κ2) is 6.16. The van der Waals surface area contributed by atoms with Crippen LogP contribution in [0.4, 0.5) is 10.5 Å². The highest BCUT2D eigenvalue weighted by Crippen LogP contribution is 2.35. The molecule has 0 atom stereocenters. The van der Waals surface area contributed by atoms with E-state index in [0.717, 1.165) is 27.8 Å². The normalized spacial score (nSPS) is 11.0. The van der Waals surface area contributed by atoms with Crippen molar-refractivity contribution in [2.75, 3.05) is 5.32 Å². The topological polar surface area (TPSA) is 56.9 Å². The highest BCUT2D eigenvalue weighted by Gasteiger charge is 2.15. The first-order valence-corrected chi connectivity index (χ1v) is 7.80. The number of aryl methyl sites for hydroxylation is 1. The summed E-state index contributed by atoms with van der Waals surface area (Å²) in [4.78, 5) is 15.6. The second-order valence-corrected chi connectivity index (χ2v) is 6.04. The van der Waals surface area contributed by atoms with E-state index in [1.54, 1.807) is 0 Å². The molecule has 4 heteroatoms. The molecular formula is C19H21N3O. The van der Waals surface area contributed by atoms with E-state index in [4.69, 9.17) is 0 Å². The molecule has 0 saturated heterocycles. The Labute approximate surface area is 135 Å². The van der Waals surface area contributed by atoms with E-state index in [1.807, 2.05) is 38.1 Å². The molecule has 118 valence electrons. The van der Waals surface area contributed by atoms with Gasteiger partial charge in [-0.2, -0.15) is 0 Å². The van der Waals surface area contributed by atoms with E-state index in [1.165, 1.54) is 5.56 Å². The Bertz CT molecular complexity index is 831. The molecule has 0 bridgehead atoms. The van der Waals surface area contributed by atoms with Crippen LogP contribution in [0.25, 0.3) is 22.2 Å². The number of carbonyl (C=O) groups is 1. The Morgan fingerprint density at radius 2 is 1.74 bits per heavy atom. The Morgan fingerprint density at radius 1 is 1.04 bits per heavy atom. The number of rotatable bonds is 3. The summed E-state index contributed by atoms with van der Waals surface area (Å²) in [7, 11) is 0. The van der Waals surface area contributed by atoms with Crippen molar-refractivity contribution >= 4 is 22.6 Å². The molecule has 0 fully saturated rings. The molecule has 0 aliphatic heterocycles. The van der Waals surface area contributed by atoms with Crippen molar-refractivity contribution in [3.05, 3.63) is 54.1 Å². The first-order valence-electron chi connectivity index (χ1n) is 7.80. The van der Waals surface area contributed by atoms with Crippen LogP contribution < -0.4 is 10.6 Å². The molecule has 4 nitrogen and oxygen atoms in total. The minimum absolute atomic E-state index is 0.0861. The first-order chi connectivity index (χ1) is 11.0. The van der Waals surface area contributed by atoms with E-state index in [9.17, 15) is 4.79 Å². The number of para-hydroxylation sites is 1. The third-order valence-corrected chi connectivity index (χ3v) is 3.70. The van der Waals surface area contributed by atoms with Gasteiger partial charge >= 0.3 is 6.03 Å². The Balaban J connectivity index is 2.07. The number of hydrogen-bond donors (Lipinski definition) is 3. The van der Waals surface area contributed by atoms with Crippen LogP contribution in [0, 0.1) is 6.92 Å². The Kier molecular flexibility index (Phi) is 4.06. The van der Waals surface area contributed by atoms with Crippen molar-refractivity contribution in [2.24, 2.45) is 0 Å². The molecule has 0 unspecified atom stereocenters. The van der Waals surface area contributed by atoms with Crippen molar-refractivity contribution < 1.29 is 4.79 Å². The summed E-state index contributed by atoms with van der Waals surface area (Å²) in [5.74, 6) is 0. The van der Waals surface area contributed by atoms with Gasteiger partial charge in [0.05, 0.1) is 11.4 Å². The third kappa shape index (κ3) is 3.21. The predicted octanol–water partition coefficient (Wildman–Crippen LogP) is 4.67. The largest absolute Gasteiger partial charge is 0.353 e. The smallest absolute Gasteiger partial charge is 0.319 e. The second-order valence-electron chi connectivity index (χ2n) is 6.04. The molecule has 1 heterocycles. The number of benzene rings is 2. The maximum absolute atomic E-state index is 12.2. The lowest BCUT2D eigenvalue weighted by molar-refractivity contribution is 0.250. The summed E-state index contributed by atoms with van der Waals surface area (Å²) >= 11 is 0. The molecule has 2 amide bonds. The van der Waals surface area contributed by atoms with Crippen molar-refractivity contribution in [3.8, 4) is 11.3 Å². The van der Waals surface area contributed by atoms with Crippen LogP contribution in [0.5, 0.6) is 0 Å². The van der Waals surface area contributed by atoms with Gasteiger partial charge in [0.2, 0.25) is 0 Å². The van der Waals surface area contributed by atoms with E-state index < -0.39 is 0 Å². The number of amides is 2. The third-order valence-electron chi connectivity index (χ3n) is 3.70. The molecule has 0 radical (unpaired) electrons.